The van der Waals surface area contributed by atoms with Crippen molar-refractivity contribution in [3.63, 3.8) is 0 Å². The van der Waals surface area contributed by atoms with Crippen LogP contribution in [0.15, 0.2) is 34.1 Å². The van der Waals surface area contributed by atoms with Gasteiger partial charge in [0.25, 0.3) is 5.56 Å². The van der Waals surface area contributed by atoms with Crippen molar-refractivity contribution in [1.29, 1.82) is 0 Å². The second kappa shape index (κ2) is 6.17. The van der Waals surface area contributed by atoms with Gasteiger partial charge in [0.2, 0.25) is 5.95 Å². The number of nitrogens with zero attached hydrogens (tertiary/aromatic N) is 3. The molecule has 0 spiro atoms. The molecule has 0 radical (unpaired) electrons. The molecular formula is C16H18N6O3. The average molecular weight is 342 g/mol. The molecule has 1 unspecified atom stereocenters. The molecule has 130 valence electrons. The number of aromatic amines is 2. The van der Waals surface area contributed by atoms with E-state index in [-0.39, 0.29) is 23.2 Å². The molecule has 4 rings (SSSR count). The molecule has 1 aliphatic rings. The zero-order valence-corrected chi connectivity index (χ0v) is 13.4. The molecule has 3 aromatic rings. The normalized spacial score (nSPS) is 20.7. The van der Waals surface area contributed by atoms with Gasteiger partial charge in [0.15, 0.2) is 5.65 Å². The van der Waals surface area contributed by atoms with Crippen molar-refractivity contribution in [3.8, 4) is 0 Å². The van der Waals surface area contributed by atoms with Crippen LogP contribution in [0.4, 0.5) is 11.6 Å². The van der Waals surface area contributed by atoms with Crippen molar-refractivity contribution < 1.29 is 5.11 Å². The van der Waals surface area contributed by atoms with E-state index in [4.69, 9.17) is 0 Å². The van der Waals surface area contributed by atoms with Gasteiger partial charge in [-0.25, -0.2) is 9.78 Å². The Labute approximate surface area is 141 Å². The van der Waals surface area contributed by atoms with Crippen LogP contribution in [-0.2, 0) is 0 Å². The lowest BCUT2D eigenvalue weighted by atomic mass is 9.92. The molecule has 9 nitrogen and oxygen atoms in total. The van der Waals surface area contributed by atoms with E-state index in [0.29, 0.717) is 23.3 Å². The first-order valence-electron chi connectivity index (χ1n) is 8.23. The fourth-order valence-corrected chi connectivity index (χ4v) is 3.32. The molecule has 0 bridgehead atoms. The summed E-state index contributed by atoms with van der Waals surface area (Å²) in [4.78, 5) is 38.0. The van der Waals surface area contributed by atoms with E-state index >= 15 is 0 Å². The Morgan fingerprint density at radius 1 is 1.28 bits per heavy atom. The maximum Gasteiger partial charge on any atom is 0.328 e. The van der Waals surface area contributed by atoms with Gasteiger partial charge < -0.3 is 20.4 Å². The minimum Gasteiger partial charge on any atom is -0.391 e. The van der Waals surface area contributed by atoms with Gasteiger partial charge in [-0.2, -0.15) is 4.98 Å². The van der Waals surface area contributed by atoms with Crippen LogP contribution >= 0.6 is 0 Å². The molecule has 0 aliphatic heterocycles. The smallest absolute Gasteiger partial charge is 0.328 e. The number of pyridine rings is 1. The van der Waals surface area contributed by atoms with Gasteiger partial charge in [-0.05, 0) is 25.0 Å². The first-order chi connectivity index (χ1) is 12.1. The fourth-order valence-electron chi connectivity index (χ4n) is 3.32. The van der Waals surface area contributed by atoms with Gasteiger partial charge >= 0.3 is 5.69 Å². The van der Waals surface area contributed by atoms with Gasteiger partial charge in [-0.15, -0.1) is 0 Å². The van der Waals surface area contributed by atoms with Gasteiger partial charge in [-0.1, -0.05) is 12.8 Å². The Balaban J connectivity index is 1.77. The molecule has 1 aliphatic carbocycles. The highest BCUT2D eigenvalue weighted by Gasteiger charge is 2.28. The number of fused-ring (bicyclic) bond motifs is 1. The van der Waals surface area contributed by atoms with Crippen LogP contribution in [0.1, 0.15) is 31.7 Å². The Kier molecular flexibility index (Phi) is 3.85. The summed E-state index contributed by atoms with van der Waals surface area (Å²) in [5.74, 6) is 0.210. The zero-order valence-electron chi connectivity index (χ0n) is 13.4. The lowest BCUT2D eigenvalue weighted by Gasteiger charge is -2.28. The number of nitrogens with one attached hydrogen (secondary N) is 3. The Bertz CT molecular complexity index is 1020. The first kappa shape index (κ1) is 15.6. The second-order valence-electron chi connectivity index (χ2n) is 6.19. The Morgan fingerprint density at radius 2 is 2.12 bits per heavy atom. The van der Waals surface area contributed by atoms with Gasteiger partial charge in [0.1, 0.15) is 11.2 Å². The molecule has 0 aromatic carbocycles. The maximum absolute atomic E-state index is 12.4. The largest absolute Gasteiger partial charge is 0.391 e. The number of hydrogen-bond acceptors (Lipinski definition) is 6. The molecule has 4 N–H and O–H groups in total. The van der Waals surface area contributed by atoms with Crippen LogP contribution in [-0.4, -0.2) is 35.7 Å². The third-order valence-electron chi connectivity index (χ3n) is 4.55. The summed E-state index contributed by atoms with van der Waals surface area (Å²) < 4.78 is 1.50. The second-order valence-corrected chi connectivity index (χ2v) is 6.19. The van der Waals surface area contributed by atoms with Crippen molar-refractivity contribution in [2.45, 2.75) is 37.8 Å². The molecule has 9 heteroatoms. The minimum absolute atomic E-state index is 0.210. The van der Waals surface area contributed by atoms with Gasteiger partial charge in [0.05, 0.1) is 18.3 Å². The van der Waals surface area contributed by atoms with E-state index in [0.717, 1.165) is 19.3 Å². The van der Waals surface area contributed by atoms with Crippen molar-refractivity contribution in [3.05, 3.63) is 45.4 Å². The van der Waals surface area contributed by atoms with E-state index < -0.39 is 6.10 Å². The Hall–Kier alpha value is -2.94. The lowest BCUT2D eigenvalue weighted by molar-refractivity contribution is 0.0756. The number of aromatic nitrogens is 5. The van der Waals surface area contributed by atoms with E-state index in [1.807, 2.05) is 0 Å². The lowest BCUT2D eigenvalue weighted by Crippen LogP contribution is -2.33. The van der Waals surface area contributed by atoms with E-state index in [9.17, 15) is 14.7 Å². The molecular weight excluding hydrogens is 324 g/mol. The molecule has 1 fully saturated rings. The number of imidazole rings is 1. The van der Waals surface area contributed by atoms with Crippen LogP contribution in [0.5, 0.6) is 0 Å². The Morgan fingerprint density at radius 3 is 2.92 bits per heavy atom. The maximum atomic E-state index is 12.4. The fraction of sp³-hybridized carbons (Fsp3) is 0.375. The SMILES string of the molecule is O=c1[nH]cccc1Nc1ncc2[nH]c(=O)n(C3CCCC[C@H]3O)c2n1. The average Bonchev–Trinajstić information content (AvgIpc) is 2.93. The van der Waals surface area contributed by atoms with Gasteiger partial charge in [0, 0.05) is 6.20 Å². The van der Waals surface area contributed by atoms with Crippen molar-refractivity contribution >= 4 is 22.8 Å². The van der Waals surface area contributed by atoms with Crippen LogP contribution in [0.25, 0.3) is 11.2 Å². The third-order valence-corrected chi connectivity index (χ3v) is 4.55. The number of aliphatic hydroxyl groups is 1. The number of anilines is 2. The highest BCUT2D eigenvalue weighted by atomic mass is 16.3. The third kappa shape index (κ3) is 2.82. The highest BCUT2D eigenvalue weighted by Crippen LogP contribution is 2.29. The molecule has 25 heavy (non-hydrogen) atoms. The topological polar surface area (TPSA) is 129 Å². The summed E-state index contributed by atoms with van der Waals surface area (Å²) in [6.07, 6.45) is 5.75. The number of rotatable bonds is 3. The molecule has 0 amide bonds. The van der Waals surface area contributed by atoms with Crippen molar-refractivity contribution in [2.24, 2.45) is 0 Å². The summed E-state index contributed by atoms with van der Waals surface area (Å²) in [6, 6.07) is 2.99. The summed E-state index contributed by atoms with van der Waals surface area (Å²) in [5, 5.41) is 13.1. The highest BCUT2D eigenvalue weighted by molar-refractivity contribution is 5.72. The monoisotopic (exact) mass is 342 g/mol. The quantitative estimate of drug-likeness (QED) is 0.563. The molecule has 3 heterocycles. The number of H-pyrrole nitrogens is 2. The summed E-state index contributed by atoms with van der Waals surface area (Å²) in [7, 11) is 0. The first-order valence-corrected chi connectivity index (χ1v) is 8.23. The van der Waals surface area contributed by atoms with E-state index in [1.165, 1.54) is 17.0 Å². The minimum atomic E-state index is -0.575. The van der Waals surface area contributed by atoms with Gasteiger partial charge in [-0.3, -0.25) is 9.36 Å². The zero-order chi connectivity index (χ0) is 17.4. The van der Waals surface area contributed by atoms with E-state index in [1.54, 1.807) is 12.1 Å². The van der Waals surface area contributed by atoms with Crippen molar-refractivity contribution in [1.82, 2.24) is 24.5 Å². The molecule has 2 atom stereocenters. The van der Waals surface area contributed by atoms with Crippen LogP contribution in [0.2, 0.25) is 0 Å². The predicted molar refractivity (Wildman–Crippen MR) is 92.0 cm³/mol. The van der Waals surface area contributed by atoms with Crippen molar-refractivity contribution in [2.75, 3.05) is 5.32 Å². The summed E-state index contributed by atoms with van der Waals surface area (Å²) in [5.41, 5.74) is 0.616. The van der Waals surface area contributed by atoms with Crippen LogP contribution < -0.4 is 16.6 Å². The number of hydrogen-bond donors (Lipinski definition) is 4. The predicted octanol–water partition coefficient (Wildman–Crippen LogP) is 1.03. The molecule has 3 aromatic heterocycles. The summed E-state index contributed by atoms with van der Waals surface area (Å²) >= 11 is 0. The molecule has 1 saturated carbocycles. The standard InChI is InChI=1S/C16H18N6O3/c23-12-6-2-1-5-11(12)22-13-10(20-16(22)25)8-18-15(21-13)19-9-4-3-7-17-14(9)24/h3-4,7-8,11-12,23H,1-2,5-6H2,(H,17,24)(H,20,25)(H,18,19,21)/t11?,12-/m1/s1. The molecule has 0 saturated heterocycles. The summed E-state index contributed by atoms with van der Waals surface area (Å²) in [6.45, 7) is 0. The van der Waals surface area contributed by atoms with E-state index in [2.05, 4.69) is 25.3 Å². The number of aliphatic hydroxyl groups excluding tert-OH is 1. The van der Waals surface area contributed by atoms with Crippen LogP contribution in [0.3, 0.4) is 0 Å². The van der Waals surface area contributed by atoms with Crippen LogP contribution in [0, 0.1) is 0 Å².